The van der Waals surface area contributed by atoms with Crippen molar-refractivity contribution in [2.24, 2.45) is 0 Å². The van der Waals surface area contributed by atoms with Crippen molar-refractivity contribution in [1.29, 1.82) is 0 Å². The summed E-state index contributed by atoms with van der Waals surface area (Å²) in [4.78, 5) is 25.6. The second kappa shape index (κ2) is 7.39. The van der Waals surface area contributed by atoms with Crippen molar-refractivity contribution >= 4 is 17.6 Å². The predicted octanol–water partition coefficient (Wildman–Crippen LogP) is 0.245. The lowest BCUT2D eigenvalue weighted by atomic mass is 10.2. The summed E-state index contributed by atoms with van der Waals surface area (Å²) >= 11 is 0. The van der Waals surface area contributed by atoms with Gasteiger partial charge in [0.05, 0.1) is 6.04 Å². The normalized spacial score (nSPS) is 19.3. The van der Waals surface area contributed by atoms with Gasteiger partial charge < -0.3 is 30.1 Å². The Morgan fingerprint density at radius 3 is 2.88 bits per heavy atom. The molecule has 2 aliphatic heterocycles. The SMILES string of the molecule is O=C(NCCCO)N[C@@H]1CC(=O)N(c2ccc3c(c2)OCCO3)C1. The van der Waals surface area contributed by atoms with Crippen LogP contribution in [0.1, 0.15) is 12.8 Å². The van der Waals surface area contributed by atoms with Crippen molar-refractivity contribution in [3.8, 4) is 11.5 Å². The summed E-state index contributed by atoms with van der Waals surface area (Å²) in [6.45, 7) is 1.84. The van der Waals surface area contributed by atoms with Crippen LogP contribution in [-0.2, 0) is 4.79 Å². The number of amides is 3. The minimum Gasteiger partial charge on any atom is -0.486 e. The standard InChI is InChI=1S/C16H21N3O5/c20-5-1-4-17-16(22)18-11-8-15(21)19(10-11)12-2-3-13-14(9-12)24-7-6-23-13/h2-3,9,11,20H,1,4-8,10H2,(H2,17,18,22)/t11-/m1/s1. The second-order valence-electron chi connectivity index (χ2n) is 5.71. The summed E-state index contributed by atoms with van der Waals surface area (Å²) in [6, 6.07) is 4.81. The van der Waals surface area contributed by atoms with Crippen LogP contribution in [0, 0.1) is 0 Å². The zero-order valence-electron chi connectivity index (χ0n) is 13.3. The molecule has 3 N–H and O–H groups in total. The lowest BCUT2D eigenvalue weighted by Gasteiger charge is -2.22. The Bertz CT molecular complexity index is 622. The predicted molar refractivity (Wildman–Crippen MR) is 86.4 cm³/mol. The maximum atomic E-state index is 12.2. The highest BCUT2D eigenvalue weighted by molar-refractivity contribution is 5.97. The fraction of sp³-hybridized carbons (Fsp3) is 0.500. The van der Waals surface area contributed by atoms with Crippen molar-refractivity contribution in [1.82, 2.24) is 10.6 Å². The molecule has 130 valence electrons. The zero-order chi connectivity index (χ0) is 16.9. The average molecular weight is 335 g/mol. The van der Waals surface area contributed by atoms with Crippen molar-refractivity contribution < 1.29 is 24.2 Å². The Morgan fingerprint density at radius 1 is 1.29 bits per heavy atom. The fourth-order valence-corrected chi connectivity index (χ4v) is 2.77. The van der Waals surface area contributed by atoms with Crippen LogP contribution < -0.4 is 25.0 Å². The Kier molecular flexibility index (Phi) is 5.05. The number of fused-ring (bicyclic) bond motifs is 1. The van der Waals surface area contributed by atoms with Gasteiger partial charge in [-0.05, 0) is 18.6 Å². The zero-order valence-corrected chi connectivity index (χ0v) is 13.3. The van der Waals surface area contributed by atoms with Gasteiger partial charge in [-0.15, -0.1) is 0 Å². The van der Waals surface area contributed by atoms with Crippen LogP contribution in [0.3, 0.4) is 0 Å². The molecule has 1 aromatic carbocycles. The van der Waals surface area contributed by atoms with E-state index in [1.165, 1.54) is 0 Å². The van der Waals surface area contributed by atoms with Gasteiger partial charge in [-0.3, -0.25) is 4.79 Å². The van der Waals surface area contributed by atoms with Gasteiger partial charge in [0.2, 0.25) is 5.91 Å². The number of hydrogen-bond donors (Lipinski definition) is 3. The number of carbonyl (C=O) groups is 2. The van der Waals surface area contributed by atoms with E-state index >= 15 is 0 Å². The third-order valence-electron chi connectivity index (χ3n) is 3.92. The Labute approximate surface area is 139 Å². The number of aliphatic hydroxyl groups excluding tert-OH is 1. The summed E-state index contributed by atoms with van der Waals surface area (Å²) < 4.78 is 11.0. The van der Waals surface area contributed by atoms with Gasteiger partial charge in [0, 0.05) is 37.9 Å². The minimum absolute atomic E-state index is 0.0279. The first-order chi connectivity index (χ1) is 11.7. The smallest absolute Gasteiger partial charge is 0.315 e. The first-order valence-corrected chi connectivity index (χ1v) is 8.02. The summed E-state index contributed by atoms with van der Waals surface area (Å²) in [5, 5.41) is 14.1. The molecule has 0 radical (unpaired) electrons. The number of rotatable bonds is 5. The molecular formula is C16H21N3O5. The maximum Gasteiger partial charge on any atom is 0.315 e. The molecule has 8 nitrogen and oxygen atoms in total. The first-order valence-electron chi connectivity index (χ1n) is 8.02. The van der Waals surface area contributed by atoms with Gasteiger partial charge in [0.15, 0.2) is 11.5 Å². The minimum atomic E-state index is -0.328. The van der Waals surface area contributed by atoms with Crippen LogP contribution in [0.15, 0.2) is 18.2 Å². The van der Waals surface area contributed by atoms with E-state index in [-0.39, 0.29) is 31.0 Å². The molecule has 1 aromatic rings. The Morgan fingerprint density at radius 2 is 2.08 bits per heavy atom. The fourth-order valence-electron chi connectivity index (χ4n) is 2.77. The molecule has 0 spiro atoms. The van der Waals surface area contributed by atoms with E-state index in [1.807, 2.05) is 6.07 Å². The van der Waals surface area contributed by atoms with Crippen LogP contribution in [-0.4, -0.2) is 56.0 Å². The lowest BCUT2D eigenvalue weighted by molar-refractivity contribution is -0.117. The van der Waals surface area contributed by atoms with E-state index < -0.39 is 0 Å². The van der Waals surface area contributed by atoms with Crippen molar-refractivity contribution in [2.75, 3.05) is 37.8 Å². The third kappa shape index (κ3) is 3.70. The number of nitrogens with one attached hydrogen (secondary N) is 2. The van der Waals surface area contributed by atoms with Crippen LogP contribution in [0.2, 0.25) is 0 Å². The van der Waals surface area contributed by atoms with Crippen LogP contribution in [0.4, 0.5) is 10.5 Å². The molecule has 2 aliphatic rings. The number of anilines is 1. The molecule has 0 unspecified atom stereocenters. The van der Waals surface area contributed by atoms with Gasteiger partial charge in [-0.2, -0.15) is 0 Å². The third-order valence-corrected chi connectivity index (χ3v) is 3.92. The van der Waals surface area contributed by atoms with E-state index in [0.717, 1.165) is 5.69 Å². The number of benzene rings is 1. The van der Waals surface area contributed by atoms with Gasteiger partial charge in [0.1, 0.15) is 13.2 Å². The molecule has 1 atom stereocenters. The Hall–Kier alpha value is -2.48. The van der Waals surface area contributed by atoms with E-state index in [0.29, 0.717) is 44.2 Å². The number of carbonyl (C=O) groups excluding carboxylic acids is 2. The number of ether oxygens (including phenoxy) is 2. The molecule has 24 heavy (non-hydrogen) atoms. The molecule has 1 saturated heterocycles. The van der Waals surface area contributed by atoms with Gasteiger partial charge >= 0.3 is 6.03 Å². The number of urea groups is 1. The molecule has 3 amide bonds. The highest BCUT2D eigenvalue weighted by Gasteiger charge is 2.32. The first kappa shape index (κ1) is 16.4. The summed E-state index contributed by atoms with van der Waals surface area (Å²) in [7, 11) is 0. The molecular weight excluding hydrogens is 314 g/mol. The Balaban J connectivity index is 1.59. The van der Waals surface area contributed by atoms with E-state index in [9.17, 15) is 9.59 Å². The van der Waals surface area contributed by atoms with Crippen molar-refractivity contribution in [2.45, 2.75) is 18.9 Å². The van der Waals surface area contributed by atoms with Crippen molar-refractivity contribution in [3.05, 3.63) is 18.2 Å². The summed E-state index contributed by atoms with van der Waals surface area (Å²) in [5.41, 5.74) is 0.731. The highest BCUT2D eigenvalue weighted by atomic mass is 16.6. The molecule has 1 fully saturated rings. The average Bonchev–Trinajstić information content (AvgIpc) is 2.95. The van der Waals surface area contributed by atoms with Crippen LogP contribution in [0.5, 0.6) is 11.5 Å². The van der Waals surface area contributed by atoms with Gasteiger partial charge in [0.25, 0.3) is 0 Å². The summed E-state index contributed by atoms with van der Waals surface area (Å²) in [6.07, 6.45) is 0.752. The lowest BCUT2D eigenvalue weighted by Crippen LogP contribution is -2.43. The highest BCUT2D eigenvalue weighted by Crippen LogP contribution is 2.35. The number of nitrogens with zero attached hydrogens (tertiary/aromatic N) is 1. The molecule has 0 aromatic heterocycles. The monoisotopic (exact) mass is 335 g/mol. The van der Waals surface area contributed by atoms with E-state index in [4.69, 9.17) is 14.6 Å². The van der Waals surface area contributed by atoms with Crippen LogP contribution in [0.25, 0.3) is 0 Å². The largest absolute Gasteiger partial charge is 0.486 e. The van der Waals surface area contributed by atoms with Gasteiger partial charge in [-0.1, -0.05) is 0 Å². The van der Waals surface area contributed by atoms with E-state index in [1.54, 1.807) is 17.0 Å². The maximum absolute atomic E-state index is 12.2. The molecule has 0 bridgehead atoms. The van der Waals surface area contributed by atoms with Crippen LogP contribution >= 0.6 is 0 Å². The molecule has 0 saturated carbocycles. The second-order valence-corrected chi connectivity index (χ2v) is 5.71. The van der Waals surface area contributed by atoms with E-state index in [2.05, 4.69) is 10.6 Å². The summed E-state index contributed by atoms with van der Waals surface area (Å²) in [5.74, 6) is 1.26. The molecule has 2 heterocycles. The molecule has 3 rings (SSSR count). The quantitative estimate of drug-likeness (QED) is 0.670. The topological polar surface area (TPSA) is 100 Å². The molecule has 8 heteroatoms. The number of aliphatic hydroxyl groups is 1. The van der Waals surface area contributed by atoms with Crippen molar-refractivity contribution in [3.63, 3.8) is 0 Å². The van der Waals surface area contributed by atoms with Gasteiger partial charge in [-0.25, -0.2) is 4.79 Å². The number of hydrogen-bond acceptors (Lipinski definition) is 5. The molecule has 0 aliphatic carbocycles.